The lowest BCUT2D eigenvalue weighted by atomic mass is 9.64. The minimum Gasteiger partial charge on any atom is -0.466 e. The van der Waals surface area contributed by atoms with Crippen LogP contribution in [0.3, 0.4) is 0 Å². The van der Waals surface area contributed by atoms with Gasteiger partial charge in [0.15, 0.2) is 0 Å². The molecule has 3 heteroatoms. The number of ether oxygens (including phenoxy) is 1. The molecule has 0 amide bonds. The van der Waals surface area contributed by atoms with E-state index in [0.29, 0.717) is 12.5 Å². The maximum atomic E-state index is 12.5. The molecule has 1 atom stereocenters. The van der Waals surface area contributed by atoms with Crippen LogP contribution in [0, 0.1) is 16.7 Å². The molecule has 0 saturated carbocycles. The monoisotopic (exact) mass is 286 g/mol. The van der Waals surface area contributed by atoms with Crippen molar-refractivity contribution in [3.8, 4) is 0 Å². The van der Waals surface area contributed by atoms with E-state index in [9.17, 15) is 4.79 Å². The molecular weight excluding hydrogens is 252 g/mol. The Kier molecular flexibility index (Phi) is 6.32. The summed E-state index contributed by atoms with van der Waals surface area (Å²) < 4.78 is 5.61. The highest BCUT2D eigenvalue weighted by Crippen LogP contribution is 2.44. The van der Waals surface area contributed by atoms with E-state index >= 15 is 0 Å². The van der Waals surface area contributed by atoms with Gasteiger partial charge >= 0.3 is 5.97 Å². The van der Waals surface area contributed by atoms with Gasteiger partial charge in [0.1, 0.15) is 0 Å². The summed E-state index contributed by atoms with van der Waals surface area (Å²) in [6.45, 7) is 20.3. The van der Waals surface area contributed by atoms with Crippen molar-refractivity contribution < 1.29 is 9.53 Å². The average Bonchev–Trinajstić information content (AvgIpc) is 2.12. The predicted octanol–water partition coefficient (Wildman–Crippen LogP) is 4.97. The highest BCUT2D eigenvalue weighted by Gasteiger charge is 2.45. The molecule has 0 bridgehead atoms. The van der Waals surface area contributed by atoms with Gasteiger partial charge in [-0.2, -0.15) is 0 Å². The first kappa shape index (κ1) is 18.7. The number of esters is 1. The van der Waals surface area contributed by atoms with E-state index in [0.717, 1.165) is 12.5 Å². The largest absolute Gasteiger partial charge is 0.466 e. The maximum Gasteiger partial charge on any atom is 0.312 e. The third-order valence-corrected chi connectivity index (χ3v) is 5.71. The van der Waals surface area contributed by atoms with Crippen LogP contribution in [0.5, 0.6) is 0 Å². The molecule has 0 aliphatic carbocycles. The van der Waals surface area contributed by atoms with Gasteiger partial charge in [0.2, 0.25) is 0 Å². The highest BCUT2D eigenvalue weighted by atomic mass is 28.3. The van der Waals surface area contributed by atoms with E-state index in [2.05, 4.69) is 61.2 Å². The van der Waals surface area contributed by atoms with Crippen LogP contribution in [0.15, 0.2) is 0 Å². The maximum absolute atomic E-state index is 12.5. The molecule has 0 aliphatic heterocycles. The third kappa shape index (κ3) is 6.11. The molecule has 0 N–H and O–H groups in total. The Morgan fingerprint density at radius 1 is 1.11 bits per heavy atom. The summed E-state index contributed by atoms with van der Waals surface area (Å²) in [5, 5.41) is 0. The number of carbonyl (C=O) groups is 1. The Balaban J connectivity index is 4.76. The molecule has 0 fully saturated rings. The van der Waals surface area contributed by atoms with E-state index in [-0.39, 0.29) is 11.4 Å². The standard InChI is InChI=1S/C16H34O2Si/c1-13(2)12-16(6,15(3,4)5)14(17)18-10-11-19(7,8)9/h13H,10-12H2,1-9H3. The van der Waals surface area contributed by atoms with E-state index in [4.69, 9.17) is 4.74 Å². The normalized spacial score (nSPS) is 16.3. The molecule has 0 radical (unpaired) electrons. The SMILES string of the molecule is CC(C)CC(C)(C(=O)OCC[Si](C)(C)C)C(C)(C)C. The van der Waals surface area contributed by atoms with Gasteiger partial charge in [0.25, 0.3) is 0 Å². The zero-order valence-electron chi connectivity index (χ0n) is 14.5. The van der Waals surface area contributed by atoms with Gasteiger partial charge in [-0.25, -0.2) is 0 Å². The van der Waals surface area contributed by atoms with Crippen molar-refractivity contribution in [2.75, 3.05) is 6.61 Å². The van der Waals surface area contributed by atoms with Crippen LogP contribution in [-0.4, -0.2) is 20.7 Å². The Labute approximate surface area is 121 Å². The van der Waals surface area contributed by atoms with E-state index in [1.807, 2.05) is 0 Å². The van der Waals surface area contributed by atoms with Gasteiger partial charge in [-0.05, 0) is 30.7 Å². The van der Waals surface area contributed by atoms with Gasteiger partial charge in [-0.15, -0.1) is 0 Å². The van der Waals surface area contributed by atoms with Crippen molar-refractivity contribution in [3.05, 3.63) is 0 Å². The molecule has 0 aromatic heterocycles. The van der Waals surface area contributed by atoms with Crippen LogP contribution in [0.1, 0.15) is 48.0 Å². The van der Waals surface area contributed by atoms with Gasteiger partial charge in [0, 0.05) is 8.07 Å². The molecule has 0 heterocycles. The first-order valence-electron chi connectivity index (χ1n) is 7.47. The molecule has 0 spiro atoms. The van der Waals surface area contributed by atoms with Crippen LogP contribution in [0.2, 0.25) is 25.7 Å². The fourth-order valence-electron chi connectivity index (χ4n) is 2.12. The minimum absolute atomic E-state index is 0.0213. The average molecular weight is 287 g/mol. The van der Waals surface area contributed by atoms with Crippen molar-refractivity contribution in [2.24, 2.45) is 16.7 Å². The summed E-state index contributed by atoms with van der Waals surface area (Å²) >= 11 is 0. The summed E-state index contributed by atoms with van der Waals surface area (Å²) in [6, 6.07) is 1.04. The Morgan fingerprint density at radius 3 is 1.89 bits per heavy atom. The highest BCUT2D eigenvalue weighted by molar-refractivity contribution is 6.76. The van der Waals surface area contributed by atoms with Gasteiger partial charge in [0.05, 0.1) is 12.0 Å². The predicted molar refractivity (Wildman–Crippen MR) is 86.1 cm³/mol. The summed E-state index contributed by atoms with van der Waals surface area (Å²) in [5.74, 6) is 0.473. The Bertz CT molecular complexity index is 297. The lowest BCUT2D eigenvalue weighted by Crippen LogP contribution is -2.43. The molecule has 0 aliphatic rings. The zero-order valence-corrected chi connectivity index (χ0v) is 15.5. The van der Waals surface area contributed by atoms with Crippen LogP contribution in [-0.2, 0) is 9.53 Å². The van der Waals surface area contributed by atoms with Gasteiger partial charge < -0.3 is 4.74 Å². The number of hydrogen-bond acceptors (Lipinski definition) is 2. The first-order valence-corrected chi connectivity index (χ1v) is 11.2. The summed E-state index contributed by atoms with van der Waals surface area (Å²) in [4.78, 5) is 12.5. The molecule has 2 nitrogen and oxygen atoms in total. The van der Waals surface area contributed by atoms with E-state index < -0.39 is 13.5 Å². The smallest absolute Gasteiger partial charge is 0.312 e. The first-order chi connectivity index (χ1) is 8.29. The molecule has 1 unspecified atom stereocenters. The topological polar surface area (TPSA) is 26.3 Å². The summed E-state index contributed by atoms with van der Waals surface area (Å²) in [5.41, 5.74) is -0.478. The molecule has 114 valence electrons. The van der Waals surface area contributed by atoms with Crippen molar-refractivity contribution in [1.29, 1.82) is 0 Å². The molecule has 0 aromatic rings. The van der Waals surface area contributed by atoms with Crippen LogP contribution < -0.4 is 0 Å². The quantitative estimate of drug-likeness (QED) is 0.509. The molecule has 0 aromatic carbocycles. The molecular formula is C16H34O2Si. The van der Waals surface area contributed by atoms with Crippen LogP contribution in [0.25, 0.3) is 0 Å². The minimum atomic E-state index is -1.14. The Hall–Kier alpha value is -0.313. The zero-order chi connectivity index (χ0) is 15.5. The molecule has 0 rings (SSSR count). The molecule has 19 heavy (non-hydrogen) atoms. The fraction of sp³-hybridized carbons (Fsp3) is 0.938. The van der Waals surface area contributed by atoms with Crippen molar-refractivity contribution in [1.82, 2.24) is 0 Å². The van der Waals surface area contributed by atoms with Gasteiger partial charge in [-0.1, -0.05) is 54.3 Å². The van der Waals surface area contributed by atoms with E-state index in [1.54, 1.807) is 0 Å². The number of hydrogen-bond donors (Lipinski definition) is 0. The number of carbonyl (C=O) groups excluding carboxylic acids is 1. The molecule has 0 saturated heterocycles. The second-order valence-electron chi connectivity index (χ2n) is 8.63. The van der Waals surface area contributed by atoms with Gasteiger partial charge in [-0.3, -0.25) is 4.79 Å². The van der Waals surface area contributed by atoms with Crippen molar-refractivity contribution in [3.63, 3.8) is 0 Å². The van der Waals surface area contributed by atoms with Crippen LogP contribution in [0.4, 0.5) is 0 Å². The summed E-state index contributed by atoms with van der Waals surface area (Å²) in [7, 11) is -1.14. The van der Waals surface area contributed by atoms with Crippen molar-refractivity contribution >= 4 is 14.0 Å². The third-order valence-electron chi connectivity index (χ3n) is 4.01. The van der Waals surface area contributed by atoms with Crippen molar-refractivity contribution in [2.45, 2.75) is 73.6 Å². The lowest BCUT2D eigenvalue weighted by molar-refractivity contribution is -0.162. The summed E-state index contributed by atoms with van der Waals surface area (Å²) in [6.07, 6.45) is 0.877. The van der Waals surface area contributed by atoms with Crippen LogP contribution >= 0.6 is 0 Å². The van der Waals surface area contributed by atoms with E-state index in [1.165, 1.54) is 0 Å². The number of rotatable bonds is 6. The second kappa shape index (κ2) is 6.42. The fourth-order valence-corrected chi connectivity index (χ4v) is 2.84. The Morgan fingerprint density at radius 2 is 1.58 bits per heavy atom. The second-order valence-corrected chi connectivity index (χ2v) is 14.2. The lowest BCUT2D eigenvalue weighted by Gasteiger charge is -2.41.